The summed E-state index contributed by atoms with van der Waals surface area (Å²) in [5, 5.41) is 1.24. The molecule has 1 aliphatic heterocycles. The van der Waals surface area contributed by atoms with Crippen LogP contribution in [0.3, 0.4) is 0 Å². The maximum atomic E-state index is 13.0. The third kappa shape index (κ3) is 4.12. The molecule has 0 radical (unpaired) electrons. The molecule has 0 saturated carbocycles. The fourth-order valence-corrected chi connectivity index (χ4v) is 5.29. The van der Waals surface area contributed by atoms with Gasteiger partial charge in [-0.15, -0.1) is 17.9 Å². The van der Waals surface area contributed by atoms with Gasteiger partial charge < -0.3 is 9.64 Å². The van der Waals surface area contributed by atoms with Crippen LogP contribution in [0.15, 0.2) is 22.6 Å². The Morgan fingerprint density at radius 2 is 2.04 bits per heavy atom. The van der Waals surface area contributed by atoms with Gasteiger partial charge in [-0.2, -0.15) is 0 Å². The minimum atomic E-state index is -0.0645. The number of fused-ring (bicyclic) bond motifs is 1. The first-order chi connectivity index (χ1) is 12.8. The molecule has 0 spiro atoms. The summed E-state index contributed by atoms with van der Waals surface area (Å²) in [6.45, 7) is 13.2. The van der Waals surface area contributed by atoms with E-state index < -0.39 is 0 Å². The van der Waals surface area contributed by atoms with Crippen molar-refractivity contribution in [2.75, 3.05) is 18.8 Å². The van der Waals surface area contributed by atoms with E-state index in [4.69, 9.17) is 4.74 Å². The van der Waals surface area contributed by atoms with Crippen molar-refractivity contribution >= 4 is 39.2 Å². The van der Waals surface area contributed by atoms with Crippen LogP contribution in [0.5, 0.6) is 0 Å². The molecule has 2 aromatic heterocycles. The predicted octanol–water partition coefficient (Wildman–Crippen LogP) is 2.99. The lowest BCUT2D eigenvalue weighted by Crippen LogP contribution is -2.48. The van der Waals surface area contributed by atoms with E-state index in [1.54, 1.807) is 10.6 Å². The van der Waals surface area contributed by atoms with E-state index in [2.05, 4.69) is 11.6 Å². The second kappa shape index (κ2) is 8.16. The van der Waals surface area contributed by atoms with Crippen molar-refractivity contribution < 1.29 is 9.53 Å². The van der Waals surface area contributed by atoms with Gasteiger partial charge in [-0.25, -0.2) is 4.98 Å². The predicted molar refractivity (Wildman–Crippen MR) is 111 cm³/mol. The molecular formula is C19H25N3O3S2. The number of nitrogens with zero attached hydrogens (tertiary/aromatic N) is 3. The summed E-state index contributed by atoms with van der Waals surface area (Å²) in [5.74, 6) is 0.290. The third-order valence-corrected chi connectivity index (χ3v) is 6.72. The van der Waals surface area contributed by atoms with Gasteiger partial charge in [-0.1, -0.05) is 17.8 Å². The molecule has 8 heteroatoms. The number of aromatic nitrogens is 2. The number of hydrogen-bond acceptors (Lipinski definition) is 6. The van der Waals surface area contributed by atoms with Crippen molar-refractivity contribution in [2.45, 2.75) is 51.6 Å². The number of carbonyl (C=O) groups excluding carboxylic acids is 1. The monoisotopic (exact) mass is 407 g/mol. The van der Waals surface area contributed by atoms with Gasteiger partial charge in [0.2, 0.25) is 5.91 Å². The second-order valence-corrected chi connectivity index (χ2v) is 9.05. The number of thiophene rings is 1. The number of morpholine rings is 1. The largest absolute Gasteiger partial charge is 0.372 e. The lowest BCUT2D eigenvalue weighted by molar-refractivity contribution is -0.140. The molecule has 146 valence electrons. The summed E-state index contributed by atoms with van der Waals surface area (Å²) in [5.41, 5.74) is 0.916. The zero-order valence-corrected chi connectivity index (χ0v) is 17.8. The van der Waals surface area contributed by atoms with Crippen LogP contribution in [0.4, 0.5) is 0 Å². The summed E-state index contributed by atoms with van der Waals surface area (Å²) in [7, 11) is 0. The van der Waals surface area contributed by atoms with Crippen LogP contribution < -0.4 is 5.56 Å². The molecule has 0 aliphatic carbocycles. The molecule has 2 atom stereocenters. The van der Waals surface area contributed by atoms with Crippen LogP contribution in [0.2, 0.25) is 0 Å². The van der Waals surface area contributed by atoms with Gasteiger partial charge in [0.1, 0.15) is 4.83 Å². The van der Waals surface area contributed by atoms with E-state index >= 15 is 0 Å². The van der Waals surface area contributed by atoms with E-state index in [0.29, 0.717) is 30.2 Å². The van der Waals surface area contributed by atoms with E-state index in [1.165, 1.54) is 23.1 Å². The number of rotatable bonds is 5. The molecule has 0 bridgehead atoms. The molecule has 3 rings (SSSR count). The molecule has 1 saturated heterocycles. The number of hydrogen-bond donors (Lipinski definition) is 0. The van der Waals surface area contributed by atoms with E-state index in [-0.39, 0.29) is 29.4 Å². The minimum absolute atomic E-state index is 0.0354. The Bertz CT molecular complexity index is 924. The highest BCUT2D eigenvalue weighted by molar-refractivity contribution is 7.99. The van der Waals surface area contributed by atoms with E-state index in [9.17, 15) is 9.59 Å². The molecule has 0 N–H and O–H groups in total. The van der Waals surface area contributed by atoms with Crippen molar-refractivity contribution in [2.24, 2.45) is 0 Å². The minimum Gasteiger partial charge on any atom is -0.372 e. The molecule has 1 amide bonds. The highest BCUT2D eigenvalue weighted by atomic mass is 32.2. The highest BCUT2D eigenvalue weighted by Gasteiger charge is 2.26. The second-order valence-electron chi connectivity index (χ2n) is 6.91. The van der Waals surface area contributed by atoms with Gasteiger partial charge in [0.15, 0.2) is 5.16 Å². The van der Waals surface area contributed by atoms with Crippen LogP contribution in [0.25, 0.3) is 10.2 Å². The lowest BCUT2D eigenvalue weighted by Gasteiger charge is -2.35. The molecule has 0 unspecified atom stereocenters. The fourth-order valence-electron chi connectivity index (χ4n) is 3.31. The molecule has 27 heavy (non-hydrogen) atoms. The maximum Gasteiger partial charge on any atom is 0.263 e. The Balaban J connectivity index is 1.85. The molecule has 6 nitrogen and oxygen atoms in total. The average molecular weight is 408 g/mol. The van der Waals surface area contributed by atoms with E-state index in [1.807, 2.05) is 32.6 Å². The van der Waals surface area contributed by atoms with Gasteiger partial charge in [-0.05, 0) is 33.3 Å². The normalized spacial score (nSPS) is 20.2. The fraction of sp³-hybridized carbons (Fsp3) is 0.526. The van der Waals surface area contributed by atoms with Gasteiger partial charge in [0.05, 0.1) is 23.3 Å². The number of carbonyl (C=O) groups is 1. The van der Waals surface area contributed by atoms with Crippen molar-refractivity contribution in [3.63, 3.8) is 0 Å². The zero-order valence-electron chi connectivity index (χ0n) is 16.2. The summed E-state index contributed by atoms with van der Waals surface area (Å²) < 4.78 is 7.30. The Morgan fingerprint density at radius 3 is 2.67 bits per heavy atom. The van der Waals surface area contributed by atoms with Crippen molar-refractivity contribution in [3.05, 3.63) is 33.4 Å². The summed E-state index contributed by atoms with van der Waals surface area (Å²) in [6, 6.07) is 0. The van der Waals surface area contributed by atoms with Crippen molar-refractivity contribution in [1.29, 1.82) is 0 Å². The molecule has 1 aliphatic rings. The Hall–Kier alpha value is -1.64. The van der Waals surface area contributed by atoms with Crippen LogP contribution in [0, 0.1) is 13.8 Å². The summed E-state index contributed by atoms with van der Waals surface area (Å²) >= 11 is 2.84. The number of allylic oxidation sites excluding steroid dienone is 1. The number of aryl methyl sites for hydroxylation is 2. The quantitative estimate of drug-likeness (QED) is 0.433. The topological polar surface area (TPSA) is 64.4 Å². The zero-order chi connectivity index (χ0) is 19.7. The van der Waals surface area contributed by atoms with Gasteiger partial charge in [0, 0.05) is 24.5 Å². The number of ether oxygens (including phenoxy) is 1. The van der Waals surface area contributed by atoms with Crippen molar-refractivity contribution in [1.82, 2.24) is 14.5 Å². The van der Waals surface area contributed by atoms with Crippen LogP contribution in [0.1, 0.15) is 24.3 Å². The summed E-state index contributed by atoms with van der Waals surface area (Å²) in [4.78, 5) is 34.0. The first-order valence-corrected chi connectivity index (χ1v) is 10.8. The number of amides is 1. The lowest BCUT2D eigenvalue weighted by atomic mass is 10.2. The Kier molecular flexibility index (Phi) is 6.08. The first-order valence-electron chi connectivity index (χ1n) is 8.99. The van der Waals surface area contributed by atoms with Crippen LogP contribution in [-0.2, 0) is 16.1 Å². The average Bonchev–Trinajstić information content (AvgIpc) is 2.89. The standard InChI is InChI=1S/C19H25N3O3S2/c1-6-7-22-18(24)16-13(4)14(5)27-17(16)20-19(22)26-10-15(23)21-8-11(2)25-12(3)9-21/h6,11-12H,1,7-10H2,2-5H3/t11-,12-/m0/s1. The van der Waals surface area contributed by atoms with Gasteiger partial charge >= 0.3 is 0 Å². The molecule has 1 fully saturated rings. The molecule has 3 heterocycles. The Morgan fingerprint density at radius 1 is 1.37 bits per heavy atom. The highest BCUT2D eigenvalue weighted by Crippen LogP contribution is 2.28. The molecule has 2 aromatic rings. The smallest absolute Gasteiger partial charge is 0.263 e. The number of thioether (sulfide) groups is 1. The third-order valence-electron chi connectivity index (χ3n) is 4.66. The summed E-state index contributed by atoms with van der Waals surface area (Å²) in [6.07, 6.45) is 1.75. The Labute approximate surface area is 167 Å². The van der Waals surface area contributed by atoms with Crippen LogP contribution in [-0.4, -0.2) is 51.4 Å². The molecule has 0 aromatic carbocycles. The van der Waals surface area contributed by atoms with Crippen molar-refractivity contribution in [3.8, 4) is 0 Å². The van der Waals surface area contributed by atoms with E-state index in [0.717, 1.165) is 15.3 Å². The first kappa shape index (κ1) is 20.1. The van der Waals surface area contributed by atoms with Crippen LogP contribution >= 0.6 is 23.1 Å². The maximum absolute atomic E-state index is 13.0. The SMILES string of the molecule is C=CCn1c(SCC(=O)N2C[C@H](C)O[C@@H](C)C2)nc2sc(C)c(C)c2c1=O. The van der Waals surface area contributed by atoms with Gasteiger partial charge in [0.25, 0.3) is 5.56 Å². The molecular weight excluding hydrogens is 382 g/mol. The van der Waals surface area contributed by atoms with Gasteiger partial charge in [-0.3, -0.25) is 14.2 Å².